The lowest BCUT2D eigenvalue weighted by Crippen LogP contribution is -2.46. The normalized spacial score (nSPS) is 18.9. The largest absolute Gasteiger partial charge is 0.481 e. The van der Waals surface area contributed by atoms with Gasteiger partial charge in [-0.1, -0.05) is 18.2 Å². The Morgan fingerprint density at radius 2 is 1.06 bits per heavy atom. The SMILES string of the molecule is O=C(O)C[C@H]1NC(=O)c2cccc(c2)NC(=O)[C@@H](Cc2cnc[nH]2)NC(=O)c2cccc(c2)NC(=O)[C@H](CO)NC(=O)c2cccc(c2)NC1=O. The summed E-state index contributed by atoms with van der Waals surface area (Å²) in [6.07, 6.45) is 2.07. The molecule has 1 aliphatic heterocycles. The number of H-pyrrole nitrogens is 1. The molecule has 3 aromatic carbocycles. The summed E-state index contributed by atoms with van der Waals surface area (Å²) < 4.78 is 0. The van der Waals surface area contributed by atoms with E-state index >= 15 is 0 Å². The van der Waals surface area contributed by atoms with Crippen LogP contribution in [0.25, 0.3) is 0 Å². The lowest BCUT2D eigenvalue weighted by Gasteiger charge is -2.20. The molecule has 0 unspecified atom stereocenters. The number of imidazole rings is 1. The molecular formula is C34H32N8O9. The molecule has 51 heavy (non-hydrogen) atoms. The topological polar surface area (TPSA) is 261 Å². The molecule has 3 atom stereocenters. The van der Waals surface area contributed by atoms with Gasteiger partial charge in [-0.15, -0.1) is 0 Å². The molecule has 262 valence electrons. The highest BCUT2D eigenvalue weighted by atomic mass is 16.4. The number of aliphatic carboxylic acids is 1. The van der Waals surface area contributed by atoms with Gasteiger partial charge in [-0.3, -0.25) is 33.6 Å². The van der Waals surface area contributed by atoms with Crippen LogP contribution in [0, 0.1) is 0 Å². The highest BCUT2D eigenvalue weighted by molar-refractivity contribution is 6.06. The van der Waals surface area contributed by atoms with Crippen LogP contribution in [0.15, 0.2) is 85.3 Å². The van der Waals surface area contributed by atoms with Gasteiger partial charge in [0.15, 0.2) is 0 Å². The van der Waals surface area contributed by atoms with Gasteiger partial charge in [0.25, 0.3) is 17.7 Å². The van der Waals surface area contributed by atoms with E-state index in [9.17, 15) is 43.8 Å². The van der Waals surface area contributed by atoms with Crippen molar-refractivity contribution in [1.82, 2.24) is 25.9 Å². The summed E-state index contributed by atoms with van der Waals surface area (Å²) in [5.74, 6) is -6.07. The second-order valence-electron chi connectivity index (χ2n) is 11.3. The third-order valence-electron chi connectivity index (χ3n) is 7.58. The zero-order valence-electron chi connectivity index (χ0n) is 26.6. The molecule has 2 heterocycles. The first-order valence-corrected chi connectivity index (χ1v) is 15.4. The van der Waals surface area contributed by atoms with Crippen molar-refractivity contribution in [2.45, 2.75) is 31.0 Å². The summed E-state index contributed by atoms with van der Waals surface area (Å²) in [7, 11) is 0. The second-order valence-corrected chi connectivity index (χ2v) is 11.3. The molecule has 9 N–H and O–H groups in total. The number of aromatic nitrogens is 2. The number of benzene rings is 3. The molecule has 0 saturated carbocycles. The zero-order chi connectivity index (χ0) is 36.5. The number of carbonyl (C=O) groups is 7. The number of fused-ring (bicyclic) bond motifs is 6. The average molecular weight is 697 g/mol. The van der Waals surface area contributed by atoms with Gasteiger partial charge in [-0.05, 0) is 54.6 Å². The van der Waals surface area contributed by atoms with E-state index in [1.54, 1.807) is 0 Å². The van der Waals surface area contributed by atoms with Gasteiger partial charge < -0.3 is 47.1 Å². The maximum absolute atomic E-state index is 13.5. The van der Waals surface area contributed by atoms with Crippen LogP contribution in [-0.2, 0) is 25.6 Å². The number of hydrogen-bond acceptors (Lipinski definition) is 9. The Labute approximate surface area is 289 Å². The molecule has 6 amide bonds. The van der Waals surface area contributed by atoms with Crippen LogP contribution in [0.1, 0.15) is 43.2 Å². The first-order valence-electron chi connectivity index (χ1n) is 15.4. The number of hydrogen-bond donors (Lipinski definition) is 9. The van der Waals surface area contributed by atoms with Gasteiger partial charge in [0.1, 0.15) is 18.1 Å². The van der Waals surface area contributed by atoms with Crippen LogP contribution in [-0.4, -0.2) is 86.3 Å². The fourth-order valence-corrected chi connectivity index (χ4v) is 5.03. The molecule has 1 aromatic heterocycles. The Balaban J connectivity index is 1.50. The van der Waals surface area contributed by atoms with Crippen molar-refractivity contribution in [2.75, 3.05) is 22.6 Å². The molecule has 0 aliphatic carbocycles. The fourth-order valence-electron chi connectivity index (χ4n) is 5.03. The maximum atomic E-state index is 13.5. The van der Waals surface area contributed by atoms with E-state index < -0.39 is 72.6 Å². The molecule has 0 saturated heterocycles. The van der Waals surface area contributed by atoms with Crippen LogP contribution in [0.2, 0.25) is 0 Å². The van der Waals surface area contributed by atoms with Gasteiger partial charge in [0.2, 0.25) is 17.7 Å². The van der Waals surface area contributed by atoms with E-state index in [0.29, 0.717) is 5.69 Å². The lowest BCUT2D eigenvalue weighted by atomic mass is 10.1. The van der Waals surface area contributed by atoms with Crippen molar-refractivity contribution in [1.29, 1.82) is 0 Å². The van der Waals surface area contributed by atoms with E-state index in [0.717, 1.165) is 0 Å². The summed E-state index contributed by atoms with van der Waals surface area (Å²) >= 11 is 0. The Kier molecular flexibility index (Phi) is 11.1. The van der Waals surface area contributed by atoms with Crippen molar-refractivity contribution >= 4 is 58.5 Å². The quantitative estimate of drug-likeness (QED) is 0.141. The van der Waals surface area contributed by atoms with E-state index in [-0.39, 0.29) is 40.2 Å². The number of aliphatic hydroxyl groups is 1. The molecular weight excluding hydrogens is 664 g/mol. The van der Waals surface area contributed by atoms with E-state index in [2.05, 4.69) is 41.9 Å². The number of amides is 6. The van der Waals surface area contributed by atoms with Gasteiger partial charge >= 0.3 is 5.97 Å². The Hall–Kier alpha value is -6.88. The van der Waals surface area contributed by atoms with E-state index in [1.165, 1.54) is 85.3 Å². The number of nitrogens with zero attached hydrogens (tertiary/aromatic N) is 1. The van der Waals surface area contributed by atoms with E-state index in [4.69, 9.17) is 0 Å². The summed E-state index contributed by atoms with van der Waals surface area (Å²) in [5, 5.41) is 34.5. The third kappa shape index (κ3) is 9.39. The van der Waals surface area contributed by atoms with Gasteiger partial charge in [0.05, 0.1) is 19.4 Å². The van der Waals surface area contributed by atoms with Crippen molar-refractivity contribution in [3.8, 4) is 0 Å². The lowest BCUT2D eigenvalue weighted by molar-refractivity contribution is -0.139. The zero-order valence-corrected chi connectivity index (χ0v) is 26.6. The Morgan fingerprint density at radius 3 is 1.49 bits per heavy atom. The molecule has 0 spiro atoms. The molecule has 4 aromatic rings. The number of nitrogens with one attached hydrogen (secondary N) is 7. The van der Waals surface area contributed by atoms with Crippen molar-refractivity contribution < 1.29 is 43.8 Å². The molecule has 17 heteroatoms. The Bertz CT molecular complexity index is 1980. The minimum Gasteiger partial charge on any atom is -0.481 e. The van der Waals surface area contributed by atoms with Gasteiger partial charge in [0, 0.05) is 52.1 Å². The second kappa shape index (κ2) is 16.0. The Morgan fingerprint density at radius 1 is 0.627 bits per heavy atom. The number of carboxylic acids is 1. The highest BCUT2D eigenvalue weighted by Gasteiger charge is 2.27. The minimum absolute atomic E-state index is 0.0138. The van der Waals surface area contributed by atoms with Crippen LogP contribution < -0.4 is 31.9 Å². The summed E-state index contributed by atoms with van der Waals surface area (Å²) in [6, 6.07) is 12.7. The van der Waals surface area contributed by atoms with Crippen LogP contribution >= 0.6 is 0 Å². The van der Waals surface area contributed by atoms with Gasteiger partial charge in [-0.2, -0.15) is 0 Å². The number of carbonyl (C=O) groups excluding carboxylic acids is 6. The number of aliphatic hydroxyl groups excluding tert-OH is 1. The standard InChI is InChI=1S/C34H32N8O9/c43-16-27-34(51)39-23-9-2-4-18(11-23)29(46)40-25(13-24-15-35-17-36-24)32(49)37-21-7-1-5-19(10-21)30(47)41-26(14-28(44)45)33(50)38-22-8-3-6-20(12-22)31(48)42-27/h1-12,15,17,25-27,43H,13-14,16H2,(H,35,36)(H,37,49)(H,38,50)(H,39,51)(H,40,46)(H,41,47)(H,42,48)(H,44,45)/t25-,26-,27+/m1/s1. The van der Waals surface area contributed by atoms with Crippen molar-refractivity contribution in [2.24, 2.45) is 0 Å². The predicted molar refractivity (Wildman–Crippen MR) is 181 cm³/mol. The summed E-state index contributed by atoms with van der Waals surface area (Å²) in [5.41, 5.74) is 0.932. The molecule has 5 rings (SSSR count). The van der Waals surface area contributed by atoms with Gasteiger partial charge in [-0.25, -0.2) is 4.98 Å². The maximum Gasteiger partial charge on any atom is 0.305 e. The minimum atomic E-state index is -1.56. The fraction of sp³-hybridized carbons (Fsp3) is 0.176. The number of aromatic amines is 1. The van der Waals surface area contributed by atoms with E-state index in [1.807, 2.05) is 0 Å². The summed E-state index contributed by atoms with van der Waals surface area (Å²) in [6.45, 7) is -0.794. The molecule has 1 aliphatic rings. The average Bonchev–Trinajstić information content (AvgIpc) is 3.63. The number of anilines is 3. The highest BCUT2D eigenvalue weighted by Crippen LogP contribution is 2.17. The molecule has 17 nitrogen and oxygen atoms in total. The monoisotopic (exact) mass is 696 g/mol. The first kappa shape index (κ1) is 35.4. The number of carboxylic acid groups (broad SMARTS) is 1. The van der Waals surface area contributed by atoms with Crippen LogP contribution in [0.3, 0.4) is 0 Å². The smallest absolute Gasteiger partial charge is 0.305 e. The summed E-state index contributed by atoms with van der Waals surface area (Å²) in [4.78, 5) is 97.9. The van der Waals surface area contributed by atoms with Crippen molar-refractivity contribution in [3.05, 3.63) is 108 Å². The first-order chi connectivity index (χ1) is 24.5. The van der Waals surface area contributed by atoms with Crippen LogP contribution in [0.4, 0.5) is 17.1 Å². The third-order valence-corrected chi connectivity index (χ3v) is 7.58. The molecule has 6 bridgehead atoms. The predicted octanol–water partition coefficient (Wildman–Crippen LogP) is 0.644. The number of rotatable bonds is 5. The van der Waals surface area contributed by atoms with Crippen LogP contribution in [0.5, 0.6) is 0 Å². The molecule has 0 radical (unpaired) electrons. The molecule has 0 fully saturated rings. The van der Waals surface area contributed by atoms with Crippen molar-refractivity contribution in [3.63, 3.8) is 0 Å².